The summed E-state index contributed by atoms with van der Waals surface area (Å²) >= 11 is 7.66. The minimum Gasteiger partial charge on any atom is -0.266 e. The lowest BCUT2D eigenvalue weighted by Crippen LogP contribution is -2.17. The number of hydrogen-bond acceptors (Lipinski definition) is 3. The van der Waals surface area contributed by atoms with Crippen LogP contribution in [0.25, 0.3) is 16.2 Å². The number of carbonyl (C=O) groups is 1. The Morgan fingerprint density at radius 3 is 2.58 bits per heavy atom. The minimum absolute atomic E-state index is 0.298. The number of allylic oxidation sites excluding steroid dienone is 1. The summed E-state index contributed by atoms with van der Waals surface area (Å²) in [6.45, 7) is 1.83. The van der Waals surface area contributed by atoms with Crippen LogP contribution in [0.2, 0.25) is 5.02 Å². The summed E-state index contributed by atoms with van der Waals surface area (Å²) in [5.41, 5.74) is 4.33. The van der Waals surface area contributed by atoms with Gasteiger partial charge in [-0.2, -0.15) is 5.10 Å². The molecule has 24 heavy (non-hydrogen) atoms. The van der Waals surface area contributed by atoms with Gasteiger partial charge in [0.15, 0.2) is 0 Å². The molecule has 0 atom stereocenters. The molecule has 0 spiro atoms. The van der Waals surface area contributed by atoms with Crippen molar-refractivity contribution in [2.45, 2.75) is 6.92 Å². The van der Waals surface area contributed by atoms with E-state index >= 15 is 0 Å². The Hall–Kier alpha value is -2.43. The van der Waals surface area contributed by atoms with E-state index in [4.69, 9.17) is 11.6 Å². The monoisotopic (exact) mass is 354 g/mol. The highest BCUT2D eigenvalue weighted by Gasteiger charge is 2.16. The van der Waals surface area contributed by atoms with Gasteiger partial charge in [-0.3, -0.25) is 4.79 Å². The minimum atomic E-state index is -0.298. The number of benzene rings is 2. The predicted molar refractivity (Wildman–Crippen MR) is 103 cm³/mol. The van der Waals surface area contributed by atoms with Crippen molar-refractivity contribution in [1.82, 2.24) is 5.43 Å². The van der Waals surface area contributed by atoms with Crippen molar-refractivity contribution in [3.8, 4) is 0 Å². The van der Waals surface area contributed by atoms with Gasteiger partial charge in [-0.15, -0.1) is 11.3 Å². The van der Waals surface area contributed by atoms with Gasteiger partial charge in [0.1, 0.15) is 4.88 Å². The fourth-order valence-corrected chi connectivity index (χ4v) is 3.57. The van der Waals surface area contributed by atoms with Crippen molar-refractivity contribution >= 4 is 50.7 Å². The number of halogens is 1. The molecule has 3 rings (SSSR count). The predicted octanol–water partition coefficient (Wildman–Crippen LogP) is 5.37. The molecule has 0 saturated carbocycles. The molecule has 1 N–H and O–H groups in total. The zero-order valence-electron chi connectivity index (χ0n) is 13.0. The van der Waals surface area contributed by atoms with Crippen LogP contribution < -0.4 is 5.43 Å². The van der Waals surface area contributed by atoms with Crippen LogP contribution in [0.3, 0.4) is 0 Å². The second kappa shape index (κ2) is 7.43. The Morgan fingerprint density at radius 2 is 1.83 bits per heavy atom. The number of hydrogen-bond donors (Lipinski definition) is 1. The molecule has 0 fully saturated rings. The first-order valence-corrected chi connectivity index (χ1v) is 8.59. The van der Waals surface area contributed by atoms with Gasteiger partial charge in [-0.1, -0.05) is 66.2 Å². The van der Waals surface area contributed by atoms with Gasteiger partial charge in [0, 0.05) is 10.1 Å². The van der Waals surface area contributed by atoms with E-state index in [9.17, 15) is 4.79 Å². The third-order valence-corrected chi connectivity index (χ3v) is 5.07. The summed E-state index contributed by atoms with van der Waals surface area (Å²) in [5, 5.41) is 5.47. The van der Waals surface area contributed by atoms with Gasteiger partial charge >= 0.3 is 0 Å². The number of amides is 1. The molecule has 0 aliphatic carbocycles. The molecular formula is C19H15ClN2OS. The zero-order chi connectivity index (χ0) is 16.9. The molecule has 1 heterocycles. The Bertz CT molecular complexity index is 929. The van der Waals surface area contributed by atoms with E-state index < -0.39 is 0 Å². The molecule has 0 aliphatic heterocycles. The second-order valence-electron chi connectivity index (χ2n) is 5.18. The van der Waals surface area contributed by atoms with Crippen LogP contribution in [0, 0.1) is 0 Å². The molecular weight excluding hydrogens is 340 g/mol. The van der Waals surface area contributed by atoms with Crippen molar-refractivity contribution in [2.75, 3.05) is 0 Å². The average Bonchev–Trinajstić information content (AvgIpc) is 2.96. The number of nitrogens with zero attached hydrogens (tertiary/aromatic N) is 1. The first-order valence-electron chi connectivity index (χ1n) is 7.40. The van der Waals surface area contributed by atoms with Crippen LogP contribution in [0.4, 0.5) is 0 Å². The summed E-state index contributed by atoms with van der Waals surface area (Å²) in [6, 6.07) is 17.6. The van der Waals surface area contributed by atoms with Crippen LogP contribution in [-0.2, 0) is 0 Å². The van der Waals surface area contributed by atoms with Crippen molar-refractivity contribution in [1.29, 1.82) is 0 Å². The SMILES string of the molecule is CC(/C=C/c1ccccc1)=N\NC(=O)c1sc2ccccc2c1Cl. The number of hydrazone groups is 1. The largest absolute Gasteiger partial charge is 0.283 e. The quantitative estimate of drug-likeness (QED) is 0.496. The number of fused-ring (bicyclic) bond motifs is 1. The molecule has 0 radical (unpaired) electrons. The zero-order valence-corrected chi connectivity index (χ0v) is 14.6. The van der Waals surface area contributed by atoms with Crippen molar-refractivity contribution in [3.05, 3.63) is 76.1 Å². The number of nitrogens with one attached hydrogen (secondary N) is 1. The number of carbonyl (C=O) groups excluding carboxylic acids is 1. The van der Waals surface area contributed by atoms with Crippen molar-refractivity contribution in [3.63, 3.8) is 0 Å². The van der Waals surface area contributed by atoms with Gasteiger partial charge in [0.05, 0.1) is 10.7 Å². The molecule has 0 saturated heterocycles. The van der Waals surface area contributed by atoms with Crippen LogP contribution in [0.1, 0.15) is 22.2 Å². The van der Waals surface area contributed by atoms with Crippen molar-refractivity contribution < 1.29 is 4.79 Å². The summed E-state index contributed by atoms with van der Waals surface area (Å²) < 4.78 is 0.984. The van der Waals surface area contributed by atoms with E-state index in [1.54, 1.807) is 0 Å². The standard InChI is InChI=1S/C19H15ClN2OS/c1-13(11-12-14-7-3-2-4-8-14)21-22-19(23)18-17(20)15-9-5-6-10-16(15)24-18/h2-12H,1H3,(H,22,23)/b12-11+,21-13+. The topological polar surface area (TPSA) is 41.5 Å². The molecule has 2 aromatic carbocycles. The number of thiophene rings is 1. The highest BCUT2D eigenvalue weighted by Crippen LogP contribution is 2.34. The van der Waals surface area contributed by atoms with Gasteiger partial charge in [0.25, 0.3) is 5.91 Å². The lowest BCUT2D eigenvalue weighted by Gasteiger charge is -1.98. The second-order valence-corrected chi connectivity index (χ2v) is 6.61. The van der Waals surface area contributed by atoms with Crippen LogP contribution in [0.15, 0.2) is 65.8 Å². The fraction of sp³-hybridized carbons (Fsp3) is 0.0526. The molecule has 0 aliphatic rings. The van der Waals surface area contributed by atoms with E-state index in [2.05, 4.69) is 10.5 Å². The smallest absolute Gasteiger partial charge is 0.266 e. The number of rotatable bonds is 4. The highest BCUT2D eigenvalue weighted by molar-refractivity contribution is 7.21. The van der Waals surface area contributed by atoms with E-state index in [1.165, 1.54) is 11.3 Å². The van der Waals surface area contributed by atoms with Crippen LogP contribution in [-0.4, -0.2) is 11.6 Å². The molecule has 0 unspecified atom stereocenters. The van der Waals surface area contributed by atoms with Gasteiger partial charge in [0.2, 0.25) is 0 Å². The third-order valence-electron chi connectivity index (χ3n) is 3.39. The van der Waals surface area contributed by atoms with E-state index in [-0.39, 0.29) is 5.91 Å². The first kappa shape index (κ1) is 16.4. The maximum absolute atomic E-state index is 12.3. The highest BCUT2D eigenvalue weighted by atomic mass is 35.5. The summed E-state index contributed by atoms with van der Waals surface area (Å²) in [7, 11) is 0. The van der Waals surface area contributed by atoms with Gasteiger partial charge < -0.3 is 0 Å². The van der Waals surface area contributed by atoms with Crippen LogP contribution >= 0.6 is 22.9 Å². The maximum atomic E-state index is 12.3. The Kier molecular flexibility index (Phi) is 5.08. The molecule has 1 amide bonds. The normalized spacial score (nSPS) is 12.0. The van der Waals surface area contributed by atoms with E-state index in [0.717, 1.165) is 15.6 Å². The molecule has 0 bridgehead atoms. The van der Waals surface area contributed by atoms with E-state index in [0.29, 0.717) is 15.6 Å². The summed E-state index contributed by atoms with van der Waals surface area (Å²) in [6.07, 6.45) is 3.79. The fourth-order valence-electron chi connectivity index (χ4n) is 2.17. The molecule has 120 valence electrons. The molecule has 3 nitrogen and oxygen atoms in total. The Labute approximate surface area is 149 Å². The molecule has 5 heteroatoms. The maximum Gasteiger partial charge on any atom is 0.283 e. The lowest BCUT2D eigenvalue weighted by molar-refractivity contribution is 0.0959. The lowest BCUT2D eigenvalue weighted by atomic mass is 10.2. The summed E-state index contributed by atoms with van der Waals surface area (Å²) in [5.74, 6) is -0.298. The Balaban J connectivity index is 1.72. The third kappa shape index (κ3) is 3.72. The average molecular weight is 355 g/mol. The summed E-state index contributed by atoms with van der Waals surface area (Å²) in [4.78, 5) is 12.8. The van der Waals surface area contributed by atoms with Crippen LogP contribution in [0.5, 0.6) is 0 Å². The van der Waals surface area contributed by atoms with Crippen molar-refractivity contribution in [2.24, 2.45) is 5.10 Å². The van der Waals surface area contributed by atoms with E-state index in [1.807, 2.05) is 73.7 Å². The first-order chi connectivity index (χ1) is 11.6. The molecule has 1 aromatic heterocycles. The molecule has 3 aromatic rings. The Morgan fingerprint density at radius 1 is 1.12 bits per heavy atom. The van der Waals surface area contributed by atoms with Gasteiger partial charge in [-0.25, -0.2) is 5.43 Å². The van der Waals surface area contributed by atoms with Gasteiger partial charge in [-0.05, 0) is 24.6 Å².